The second-order valence-corrected chi connectivity index (χ2v) is 6.29. The number of carbonyl (C=O) groups excluding carboxylic acids is 1. The highest BCUT2D eigenvalue weighted by Crippen LogP contribution is 2.34. The van der Waals surface area contributed by atoms with E-state index in [1.54, 1.807) is 0 Å². The minimum Gasteiger partial charge on any atom is -0.383 e. The largest absolute Gasteiger partial charge is 0.383 e. The maximum atomic E-state index is 12.1. The van der Waals surface area contributed by atoms with Crippen molar-refractivity contribution in [1.82, 2.24) is 15.1 Å². The maximum absolute atomic E-state index is 12.1. The molecule has 3 rings (SSSR count). The highest BCUT2D eigenvalue weighted by molar-refractivity contribution is 5.75. The van der Waals surface area contributed by atoms with Gasteiger partial charge >= 0.3 is 5.69 Å². The van der Waals surface area contributed by atoms with Crippen LogP contribution in [-0.2, 0) is 23.4 Å². The molecule has 1 aliphatic carbocycles. The van der Waals surface area contributed by atoms with Gasteiger partial charge in [0, 0.05) is 13.0 Å². The van der Waals surface area contributed by atoms with Crippen LogP contribution in [0.3, 0.4) is 0 Å². The first-order valence-electron chi connectivity index (χ1n) is 8.22. The van der Waals surface area contributed by atoms with Crippen molar-refractivity contribution >= 4 is 11.6 Å². The summed E-state index contributed by atoms with van der Waals surface area (Å²) in [5, 5.41) is 28.1. The summed E-state index contributed by atoms with van der Waals surface area (Å²) >= 11 is 0. The number of aryl methyl sites for hydroxylation is 2. The molecule has 0 spiro atoms. The Morgan fingerprint density at radius 3 is 3.00 bits per heavy atom. The number of hydrogen-bond donors (Lipinski definition) is 2. The van der Waals surface area contributed by atoms with E-state index in [-0.39, 0.29) is 31.1 Å². The van der Waals surface area contributed by atoms with Gasteiger partial charge in [0.1, 0.15) is 18.0 Å². The monoisotopic (exact) mass is 344 g/mol. The molecule has 8 nitrogen and oxygen atoms in total. The van der Waals surface area contributed by atoms with Crippen LogP contribution in [0.4, 0.5) is 5.69 Å². The average molecular weight is 344 g/mol. The van der Waals surface area contributed by atoms with E-state index in [2.05, 4.69) is 10.4 Å². The van der Waals surface area contributed by atoms with Crippen molar-refractivity contribution in [3.63, 3.8) is 0 Å². The van der Waals surface area contributed by atoms with Crippen molar-refractivity contribution in [2.75, 3.05) is 6.54 Å². The molecule has 1 aliphatic rings. The molecule has 0 fully saturated rings. The van der Waals surface area contributed by atoms with Crippen LogP contribution in [0.1, 0.15) is 30.4 Å². The topological polar surface area (TPSA) is 110 Å². The number of aromatic nitrogens is 2. The number of aliphatic hydroxyl groups is 1. The standard InChI is InChI=1S/C17H20N4O4/c22-16(7-9-20-11-14(10-19-20)21(24)25)18-12-17(23)8-3-5-13-4-1-2-6-15(13)17/h1-2,4,6,10-11,23H,3,5,7-9,12H2,(H,18,22). The number of nitrogens with zero attached hydrogens (tertiary/aromatic N) is 3. The Labute approximate surface area is 144 Å². The van der Waals surface area contributed by atoms with Gasteiger partial charge in [-0.05, 0) is 30.4 Å². The van der Waals surface area contributed by atoms with Crippen LogP contribution in [0.5, 0.6) is 0 Å². The fraction of sp³-hybridized carbons (Fsp3) is 0.412. The Balaban J connectivity index is 1.54. The molecule has 25 heavy (non-hydrogen) atoms. The number of benzene rings is 1. The number of nitrogens with one attached hydrogen (secondary N) is 1. The van der Waals surface area contributed by atoms with Gasteiger partial charge in [0.05, 0.1) is 11.5 Å². The van der Waals surface area contributed by atoms with Crippen LogP contribution in [0, 0.1) is 10.1 Å². The Hall–Kier alpha value is -2.74. The third-order valence-electron chi connectivity index (χ3n) is 4.53. The molecule has 132 valence electrons. The number of nitro groups is 1. The Kier molecular flexibility index (Phi) is 4.80. The minimum absolute atomic E-state index is 0.103. The molecule has 1 atom stereocenters. The molecule has 0 bridgehead atoms. The fourth-order valence-corrected chi connectivity index (χ4v) is 3.20. The van der Waals surface area contributed by atoms with Gasteiger partial charge in [-0.15, -0.1) is 0 Å². The lowest BCUT2D eigenvalue weighted by atomic mass is 9.79. The van der Waals surface area contributed by atoms with Gasteiger partial charge in [0.25, 0.3) is 0 Å². The van der Waals surface area contributed by atoms with E-state index in [1.807, 2.05) is 24.3 Å². The quantitative estimate of drug-likeness (QED) is 0.610. The number of hydrogen-bond acceptors (Lipinski definition) is 5. The fourth-order valence-electron chi connectivity index (χ4n) is 3.20. The third-order valence-corrected chi connectivity index (χ3v) is 4.53. The number of amides is 1. The van der Waals surface area contributed by atoms with Crippen molar-refractivity contribution in [3.8, 4) is 0 Å². The Morgan fingerprint density at radius 1 is 1.44 bits per heavy atom. The van der Waals surface area contributed by atoms with Crippen molar-refractivity contribution in [2.24, 2.45) is 0 Å². The summed E-state index contributed by atoms with van der Waals surface area (Å²) in [5.74, 6) is -0.227. The summed E-state index contributed by atoms with van der Waals surface area (Å²) in [6.45, 7) is 0.400. The van der Waals surface area contributed by atoms with Crippen LogP contribution in [0.2, 0.25) is 0 Å². The van der Waals surface area contributed by atoms with Crippen LogP contribution in [0.25, 0.3) is 0 Å². The van der Waals surface area contributed by atoms with Crippen molar-refractivity contribution < 1.29 is 14.8 Å². The Morgan fingerprint density at radius 2 is 2.24 bits per heavy atom. The van der Waals surface area contributed by atoms with E-state index in [4.69, 9.17) is 0 Å². The molecular formula is C17H20N4O4. The first kappa shape index (κ1) is 17.1. The predicted octanol–water partition coefficient (Wildman–Crippen LogP) is 1.52. The lowest BCUT2D eigenvalue weighted by Crippen LogP contribution is -2.43. The van der Waals surface area contributed by atoms with Gasteiger partial charge in [-0.2, -0.15) is 5.10 Å². The first-order chi connectivity index (χ1) is 12.0. The second-order valence-electron chi connectivity index (χ2n) is 6.29. The molecule has 1 amide bonds. The zero-order chi connectivity index (χ0) is 17.9. The summed E-state index contributed by atoms with van der Waals surface area (Å²) in [6, 6.07) is 7.75. The lowest BCUT2D eigenvalue weighted by molar-refractivity contribution is -0.385. The van der Waals surface area contributed by atoms with E-state index in [9.17, 15) is 20.0 Å². The van der Waals surface area contributed by atoms with Crippen LogP contribution < -0.4 is 5.32 Å². The summed E-state index contributed by atoms with van der Waals surface area (Å²) < 4.78 is 1.36. The number of rotatable bonds is 6. The predicted molar refractivity (Wildman–Crippen MR) is 89.8 cm³/mol. The zero-order valence-electron chi connectivity index (χ0n) is 13.7. The summed E-state index contributed by atoms with van der Waals surface area (Å²) in [7, 11) is 0. The normalized spacial score (nSPS) is 19.2. The summed E-state index contributed by atoms with van der Waals surface area (Å²) in [5.41, 5.74) is 0.849. The SMILES string of the molecule is O=C(CCn1cc([N+](=O)[O-])cn1)NCC1(O)CCCc2ccccc21. The number of fused-ring (bicyclic) bond motifs is 1. The van der Waals surface area contributed by atoms with Crippen LogP contribution in [-0.4, -0.2) is 32.3 Å². The van der Waals surface area contributed by atoms with Crippen LogP contribution in [0.15, 0.2) is 36.7 Å². The van der Waals surface area contributed by atoms with E-state index in [1.165, 1.54) is 10.9 Å². The average Bonchev–Trinajstić information content (AvgIpc) is 3.08. The third kappa shape index (κ3) is 3.85. The zero-order valence-corrected chi connectivity index (χ0v) is 13.7. The molecule has 0 saturated carbocycles. The molecule has 1 aromatic carbocycles. The van der Waals surface area contributed by atoms with Gasteiger partial charge in [0.15, 0.2) is 0 Å². The summed E-state index contributed by atoms with van der Waals surface area (Å²) in [4.78, 5) is 22.1. The molecule has 0 aliphatic heterocycles. The smallest absolute Gasteiger partial charge is 0.306 e. The van der Waals surface area contributed by atoms with E-state index >= 15 is 0 Å². The molecule has 1 heterocycles. The molecule has 2 aromatic rings. The molecule has 1 unspecified atom stereocenters. The van der Waals surface area contributed by atoms with Gasteiger partial charge in [-0.1, -0.05) is 24.3 Å². The Bertz CT molecular complexity index is 788. The summed E-state index contributed by atoms with van der Waals surface area (Å²) in [6.07, 6.45) is 4.99. The van der Waals surface area contributed by atoms with E-state index < -0.39 is 10.5 Å². The molecule has 1 aromatic heterocycles. The van der Waals surface area contributed by atoms with E-state index in [0.717, 1.165) is 30.2 Å². The number of carbonyl (C=O) groups is 1. The van der Waals surface area contributed by atoms with E-state index in [0.29, 0.717) is 6.42 Å². The second kappa shape index (κ2) is 7.02. The van der Waals surface area contributed by atoms with Crippen molar-refractivity contribution in [3.05, 3.63) is 57.9 Å². The minimum atomic E-state index is -1.05. The van der Waals surface area contributed by atoms with Crippen molar-refractivity contribution in [1.29, 1.82) is 0 Å². The molecule has 8 heteroatoms. The van der Waals surface area contributed by atoms with Crippen molar-refractivity contribution in [2.45, 2.75) is 37.8 Å². The maximum Gasteiger partial charge on any atom is 0.306 e. The van der Waals surface area contributed by atoms with Gasteiger partial charge in [-0.3, -0.25) is 19.6 Å². The van der Waals surface area contributed by atoms with Gasteiger partial charge in [-0.25, -0.2) is 0 Å². The molecule has 0 saturated heterocycles. The van der Waals surface area contributed by atoms with Crippen LogP contribution >= 0.6 is 0 Å². The molecule has 2 N–H and O–H groups in total. The first-order valence-corrected chi connectivity index (χ1v) is 8.22. The molecular weight excluding hydrogens is 324 g/mol. The van der Waals surface area contributed by atoms with Gasteiger partial charge < -0.3 is 10.4 Å². The van der Waals surface area contributed by atoms with Gasteiger partial charge in [0.2, 0.25) is 5.91 Å². The molecule has 0 radical (unpaired) electrons. The lowest BCUT2D eigenvalue weighted by Gasteiger charge is -2.34. The highest BCUT2D eigenvalue weighted by Gasteiger charge is 2.34. The highest BCUT2D eigenvalue weighted by atomic mass is 16.6.